The predicted molar refractivity (Wildman–Crippen MR) is 121 cm³/mol. The number of rotatable bonds is 7. The van der Waals surface area contributed by atoms with E-state index < -0.39 is 0 Å². The second-order valence-corrected chi connectivity index (χ2v) is 8.32. The summed E-state index contributed by atoms with van der Waals surface area (Å²) < 4.78 is 6.63. The number of nitrogens with one attached hydrogen (secondary N) is 1. The van der Waals surface area contributed by atoms with Crippen molar-refractivity contribution in [1.82, 2.24) is 14.7 Å². The van der Waals surface area contributed by atoms with Gasteiger partial charge in [0.1, 0.15) is 5.76 Å². The zero-order valence-electron chi connectivity index (χ0n) is 17.3. The summed E-state index contributed by atoms with van der Waals surface area (Å²) in [5, 5.41) is 7.64. The lowest BCUT2D eigenvalue weighted by molar-refractivity contribution is -0.115. The van der Waals surface area contributed by atoms with Crippen LogP contribution in [-0.4, -0.2) is 26.4 Å². The van der Waals surface area contributed by atoms with Crippen molar-refractivity contribution in [3.8, 4) is 0 Å². The third-order valence-corrected chi connectivity index (χ3v) is 5.72. The highest BCUT2D eigenvalue weighted by molar-refractivity contribution is 7.99. The molecule has 7 nitrogen and oxygen atoms in total. The molecule has 0 radical (unpaired) electrons. The van der Waals surface area contributed by atoms with Gasteiger partial charge in [0.05, 0.1) is 17.4 Å². The molecule has 0 fully saturated rings. The molecule has 0 saturated carbocycles. The van der Waals surface area contributed by atoms with Gasteiger partial charge in [-0.2, -0.15) is 0 Å². The van der Waals surface area contributed by atoms with Gasteiger partial charge in [0.2, 0.25) is 5.91 Å². The van der Waals surface area contributed by atoms with Crippen LogP contribution >= 0.6 is 11.8 Å². The monoisotopic (exact) mass is 434 g/mol. The van der Waals surface area contributed by atoms with Gasteiger partial charge in [0, 0.05) is 18.2 Å². The lowest BCUT2D eigenvalue weighted by atomic mass is 10.1. The van der Waals surface area contributed by atoms with Crippen molar-refractivity contribution >= 4 is 34.4 Å². The van der Waals surface area contributed by atoms with Crippen LogP contribution in [0.5, 0.6) is 0 Å². The number of nitrogens with zero attached hydrogens (tertiary/aromatic N) is 3. The third-order valence-electron chi connectivity index (χ3n) is 4.74. The Balaban J connectivity index is 1.54. The topological polar surface area (TPSA) is 90.0 Å². The molecule has 0 bridgehead atoms. The molecule has 0 aliphatic heterocycles. The van der Waals surface area contributed by atoms with E-state index in [1.807, 2.05) is 49.4 Å². The maximum absolute atomic E-state index is 13.2. The number of aryl methyl sites for hydroxylation is 2. The molecule has 2 heterocycles. The average molecular weight is 435 g/mol. The fourth-order valence-corrected chi connectivity index (χ4v) is 4.08. The van der Waals surface area contributed by atoms with Crippen molar-refractivity contribution in [3.63, 3.8) is 0 Å². The number of para-hydroxylation sites is 1. The van der Waals surface area contributed by atoms with E-state index in [1.165, 1.54) is 11.8 Å². The fraction of sp³-hybridized carbons (Fsp3) is 0.217. The molecule has 0 unspecified atom stereocenters. The van der Waals surface area contributed by atoms with Crippen molar-refractivity contribution in [2.24, 2.45) is 0 Å². The molecule has 1 amide bonds. The largest absolute Gasteiger partial charge is 0.360 e. The number of carbonyl (C=O) groups is 1. The van der Waals surface area contributed by atoms with Gasteiger partial charge in [-0.25, -0.2) is 4.98 Å². The number of thioether (sulfide) groups is 1. The van der Waals surface area contributed by atoms with Crippen LogP contribution in [0.15, 0.2) is 69.1 Å². The van der Waals surface area contributed by atoms with E-state index in [2.05, 4.69) is 10.5 Å². The summed E-state index contributed by atoms with van der Waals surface area (Å²) in [6.07, 6.45) is 0.254. The Hall–Kier alpha value is -3.39. The molecular formula is C23H22N4O3S. The van der Waals surface area contributed by atoms with Crippen LogP contribution in [0.1, 0.15) is 23.3 Å². The van der Waals surface area contributed by atoms with Crippen molar-refractivity contribution in [2.45, 2.75) is 32.0 Å². The standard InChI is InChI=1S/C23H22N4O3S/c1-15-7-9-17(10-8-15)14-27-22(29)18-5-3-4-6-19(18)24-23(27)31-12-11-21(28)25-20-13-16(2)30-26-20/h3-10,13H,11-12,14H2,1-2H3,(H,25,26,28). The first-order valence-corrected chi connectivity index (χ1v) is 10.9. The number of amides is 1. The minimum atomic E-state index is -0.172. The van der Waals surface area contributed by atoms with Gasteiger partial charge in [-0.05, 0) is 31.5 Å². The molecular weight excluding hydrogens is 412 g/mol. The molecule has 1 N–H and O–H groups in total. The summed E-state index contributed by atoms with van der Waals surface area (Å²) in [6.45, 7) is 4.21. The molecule has 31 heavy (non-hydrogen) atoms. The Labute approximate surface area is 183 Å². The number of fused-ring (bicyclic) bond motifs is 1. The highest BCUT2D eigenvalue weighted by Gasteiger charge is 2.13. The summed E-state index contributed by atoms with van der Waals surface area (Å²) in [5.74, 6) is 1.33. The van der Waals surface area contributed by atoms with Gasteiger partial charge in [-0.15, -0.1) is 0 Å². The molecule has 2 aromatic carbocycles. The molecule has 4 aromatic rings. The Kier molecular flexibility index (Phi) is 6.18. The molecule has 8 heteroatoms. The molecule has 0 aliphatic rings. The van der Waals surface area contributed by atoms with Crippen molar-refractivity contribution in [3.05, 3.63) is 81.8 Å². The summed E-state index contributed by atoms with van der Waals surface area (Å²) >= 11 is 1.39. The first-order chi connectivity index (χ1) is 15.0. The van der Waals surface area contributed by atoms with Gasteiger partial charge in [0.25, 0.3) is 5.56 Å². The second kappa shape index (κ2) is 9.18. The fourth-order valence-electron chi connectivity index (χ4n) is 3.14. The van der Waals surface area contributed by atoms with Crippen LogP contribution in [0, 0.1) is 13.8 Å². The average Bonchev–Trinajstić information content (AvgIpc) is 3.16. The number of carbonyl (C=O) groups excluding carboxylic acids is 1. The molecule has 0 aliphatic carbocycles. The number of hydrogen-bond acceptors (Lipinski definition) is 6. The Morgan fingerprint density at radius 3 is 2.65 bits per heavy atom. The normalized spacial score (nSPS) is 11.0. The first kappa shape index (κ1) is 20.9. The summed E-state index contributed by atoms with van der Waals surface area (Å²) in [6, 6.07) is 17.1. The zero-order chi connectivity index (χ0) is 21.8. The summed E-state index contributed by atoms with van der Waals surface area (Å²) in [4.78, 5) is 30.1. The SMILES string of the molecule is Cc1ccc(Cn2c(SCCC(=O)Nc3cc(C)on3)nc3ccccc3c2=O)cc1. The maximum atomic E-state index is 13.2. The summed E-state index contributed by atoms with van der Waals surface area (Å²) in [5.41, 5.74) is 2.75. The van der Waals surface area contributed by atoms with Gasteiger partial charge < -0.3 is 9.84 Å². The minimum Gasteiger partial charge on any atom is -0.360 e. The van der Waals surface area contributed by atoms with Gasteiger partial charge in [0.15, 0.2) is 11.0 Å². The lowest BCUT2D eigenvalue weighted by Crippen LogP contribution is -2.24. The highest BCUT2D eigenvalue weighted by atomic mass is 32.2. The van der Waals surface area contributed by atoms with E-state index in [1.54, 1.807) is 23.6 Å². The van der Waals surface area contributed by atoms with Crippen molar-refractivity contribution in [2.75, 3.05) is 11.1 Å². The number of aromatic nitrogens is 3. The Morgan fingerprint density at radius 1 is 1.13 bits per heavy atom. The van der Waals surface area contributed by atoms with Crippen LogP contribution in [0.2, 0.25) is 0 Å². The lowest BCUT2D eigenvalue weighted by Gasteiger charge is -2.13. The van der Waals surface area contributed by atoms with E-state index in [4.69, 9.17) is 9.51 Å². The number of anilines is 1. The van der Waals surface area contributed by atoms with E-state index in [-0.39, 0.29) is 17.9 Å². The quantitative estimate of drug-likeness (QED) is 0.347. The van der Waals surface area contributed by atoms with E-state index in [9.17, 15) is 9.59 Å². The second-order valence-electron chi connectivity index (χ2n) is 7.26. The van der Waals surface area contributed by atoms with Crippen LogP contribution in [0.25, 0.3) is 10.9 Å². The van der Waals surface area contributed by atoms with Gasteiger partial charge in [-0.1, -0.05) is 58.9 Å². The Bertz CT molecular complexity index is 1280. The molecule has 0 saturated heterocycles. The molecule has 4 rings (SSSR count). The van der Waals surface area contributed by atoms with Crippen LogP contribution in [-0.2, 0) is 11.3 Å². The van der Waals surface area contributed by atoms with Crippen LogP contribution in [0.4, 0.5) is 5.82 Å². The van der Waals surface area contributed by atoms with Crippen molar-refractivity contribution in [1.29, 1.82) is 0 Å². The summed E-state index contributed by atoms with van der Waals surface area (Å²) in [7, 11) is 0. The predicted octanol–water partition coefficient (Wildman–Crippen LogP) is 4.17. The van der Waals surface area contributed by atoms with Gasteiger partial charge in [-0.3, -0.25) is 14.2 Å². The highest BCUT2D eigenvalue weighted by Crippen LogP contribution is 2.20. The zero-order valence-corrected chi connectivity index (χ0v) is 18.1. The molecule has 0 atom stereocenters. The van der Waals surface area contributed by atoms with E-state index in [0.29, 0.717) is 39.9 Å². The molecule has 0 spiro atoms. The van der Waals surface area contributed by atoms with Crippen molar-refractivity contribution < 1.29 is 9.32 Å². The smallest absolute Gasteiger partial charge is 0.262 e. The Morgan fingerprint density at radius 2 is 1.90 bits per heavy atom. The molecule has 158 valence electrons. The van der Waals surface area contributed by atoms with Crippen LogP contribution in [0.3, 0.4) is 0 Å². The van der Waals surface area contributed by atoms with E-state index in [0.717, 1.165) is 11.1 Å². The van der Waals surface area contributed by atoms with E-state index >= 15 is 0 Å². The maximum Gasteiger partial charge on any atom is 0.262 e. The van der Waals surface area contributed by atoms with Crippen LogP contribution < -0.4 is 10.9 Å². The van der Waals surface area contributed by atoms with Gasteiger partial charge >= 0.3 is 0 Å². The number of hydrogen-bond donors (Lipinski definition) is 1. The molecule has 2 aromatic heterocycles. The third kappa shape index (κ3) is 5.03. The first-order valence-electron chi connectivity index (χ1n) is 9.91. The minimum absolute atomic E-state index is 0.0869. The number of benzene rings is 2.